The summed E-state index contributed by atoms with van der Waals surface area (Å²) in [6.45, 7) is 0.423. The predicted octanol–water partition coefficient (Wildman–Crippen LogP) is 1.74. The van der Waals surface area contributed by atoms with E-state index >= 15 is 0 Å². The topological polar surface area (TPSA) is 86.7 Å². The van der Waals surface area contributed by atoms with Crippen molar-refractivity contribution in [3.8, 4) is 0 Å². The second-order valence-electron chi connectivity index (χ2n) is 5.66. The SMILES string of the molecule is O=C(O)N[C@H]1CCCCN(C(=O)C2CCCCC2)C1=O. The highest BCUT2D eigenvalue weighted by Crippen LogP contribution is 2.26. The molecule has 0 radical (unpaired) electrons. The summed E-state index contributed by atoms with van der Waals surface area (Å²) >= 11 is 0. The number of carboxylic acid groups (broad SMARTS) is 1. The summed E-state index contributed by atoms with van der Waals surface area (Å²) in [5.74, 6) is -0.537. The van der Waals surface area contributed by atoms with Crippen LogP contribution in [0.3, 0.4) is 0 Å². The van der Waals surface area contributed by atoms with Gasteiger partial charge in [0.05, 0.1) is 0 Å². The summed E-state index contributed by atoms with van der Waals surface area (Å²) in [5, 5.41) is 11.0. The maximum Gasteiger partial charge on any atom is 0.405 e. The largest absolute Gasteiger partial charge is 0.465 e. The third-order valence-corrected chi connectivity index (χ3v) is 4.21. The number of hydrogen-bond donors (Lipinski definition) is 2. The zero-order valence-electron chi connectivity index (χ0n) is 11.6. The zero-order valence-corrected chi connectivity index (χ0v) is 11.6. The second-order valence-corrected chi connectivity index (χ2v) is 5.66. The molecule has 2 N–H and O–H groups in total. The summed E-state index contributed by atoms with van der Waals surface area (Å²) in [6.07, 6.45) is 5.69. The fraction of sp³-hybridized carbons (Fsp3) is 0.786. The minimum atomic E-state index is -1.21. The Hall–Kier alpha value is -1.59. The smallest absolute Gasteiger partial charge is 0.405 e. The Balaban J connectivity index is 2.05. The van der Waals surface area contributed by atoms with Gasteiger partial charge in [-0.25, -0.2) is 4.79 Å². The van der Waals surface area contributed by atoms with Gasteiger partial charge in [0.25, 0.3) is 5.91 Å². The van der Waals surface area contributed by atoms with E-state index in [0.29, 0.717) is 13.0 Å². The monoisotopic (exact) mass is 282 g/mol. The van der Waals surface area contributed by atoms with Crippen LogP contribution in [0, 0.1) is 5.92 Å². The van der Waals surface area contributed by atoms with Crippen LogP contribution < -0.4 is 5.32 Å². The maximum absolute atomic E-state index is 12.5. The van der Waals surface area contributed by atoms with Crippen molar-refractivity contribution >= 4 is 17.9 Å². The lowest BCUT2D eigenvalue weighted by atomic mass is 9.88. The highest BCUT2D eigenvalue weighted by Gasteiger charge is 2.35. The van der Waals surface area contributed by atoms with Crippen molar-refractivity contribution in [2.75, 3.05) is 6.54 Å². The summed E-state index contributed by atoms with van der Waals surface area (Å²) in [5.41, 5.74) is 0. The molecule has 2 rings (SSSR count). The van der Waals surface area contributed by atoms with Crippen molar-refractivity contribution in [3.63, 3.8) is 0 Å². The Morgan fingerprint density at radius 1 is 1.05 bits per heavy atom. The van der Waals surface area contributed by atoms with Crippen LogP contribution in [-0.4, -0.2) is 40.5 Å². The van der Waals surface area contributed by atoms with Crippen molar-refractivity contribution in [2.24, 2.45) is 5.92 Å². The van der Waals surface area contributed by atoms with Crippen molar-refractivity contribution in [2.45, 2.75) is 57.4 Å². The summed E-state index contributed by atoms with van der Waals surface area (Å²) in [6, 6.07) is -0.775. The molecule has 112 valence electrons. The van der Waals surface area contributed by atoms with E-state index in [0.717, 1.165) is 44.9 Å². The first-order valence-electron chi connectivity index (χ1n) is 7.44. The first kappa shape index (κ1) is 14.8. The molecule has 1 saturated heterocycles. The van der Waals surface area contributed by atoms with E-state index in [-0.39, 0.29) is 17.7 Å². The molecule has 0 bridgehead atoms. The van der Waals surface area contributed by atoms with Gasteiger partial charge in [0, 0.05) is 12.5 Å². The van der Waals surface area contributed by atoms with Crippen LogP contribution in [0.5, 0.6) is 0 Å². The molecule has 3 amide bonds. The van der Waals surface area contributed by atoms with E-state index in [9.17, 15) is 14.4 Å². The minimum Gasteiger partial charge on any atom is -0.465 e. The number of rotatable bonds is 2. The third kappa shape index (κ3) is 3.49. The van der Waals surface area contributed by atoms with Crippen molar-refractivity contribution in [3.05, 3.63) is 0 Å². The molecular weight excluding hydrogens is 260 g/mol. The molecule has 0 unspecified atom stereocenters. The number of imide groups is 1. The summed E-state index contributed by atoms with van der Waals surface area (Å²) in [7, 11) is 0. The Morgan fingerprint density at radius 2 is 1.70 bits per heavy atom. The zero-order chi connectivity index (χ0) is 14.5. The quantitative estimate of drug-likeness (QED) is 0.755. The molecule has 0 spiro atoms. The number of nitrogens with one attached hydrogen (secondary N) is 1. The van der Waals surface area contributed by atoms with Gasteiger partial charge in [-0.05, 0) is 32.1 Å². The molecule has 1 saturated carbocycles. The van der Waals surface area contributed by atoms with Crippen LogP contribution in [0.2, 0.25) is 0 Å². The normalized spacial score (nSPS) is 25.1. The number of carbonyl (C=O) groups excluding carboxylic acids is 2. The first-order valence-corrected chi connectivity index (χ1v) is 7.44. The highest BCUT2D eigenvalue weighted by molar-refractivity contribution is 5.99. The highest BCUT2D eigenvalue weighted by atomic mass is 16.4. The average Bonchev–Trinajstić information content (AvgIpc) is 2.61. The average molecular weight is 282 g/mol. The Bertz CT molecular complexity index is 391. The maximum atomic E-state index is 12.5. The Kier molecular flexibility index (Phi) is 4.98. The Labute approximate surface area is 118 Å². The van der Waals surface area contributed by atoms with E-state index in [1.807, 2.05) is 0 Å². The van der Waals surface area contributed by atoms with E-state index in [1.54, 1.807) is 0 Å². The number of nitrogens with zero attached hydrogens (tertiary/aromatic N) is 1. The number of carbonyl (C=O) groups is 3. The van der Waals surface area contributed by atoms with E-state index in [1.165, 1.54) is 4.90 Å². The molecule has 0 aromatic rings. The number of likely N-dealkylation sites (tertiary alicyclic amines) is 1. The van der Waals surface area contributed by atoms with Gasteiger partial charge in [-0.2, -0.15) is 0 Å². The molecule has 1 atom stereocenters. The van der Waals surface area contributed by atoms with Crippen LogP contribution in [-0.2, 0) is 9.59 Å². The predicted molar refractivity (Wildman–Crippen MR) is 72.1 cm³/mol. The van der Waals surface area contributed by atoms with E-state index in [2.05, 4.69) is 5.32 Å². The van der Waals surface area contributed by atoms with Gasteiger partial charge >= 0.3 is 6.09 Å². The summed E-state index contributed by atoms with van der Waals surface area (Å²) in [4.78, 5) is 36.9. The second kappa shape index (κ2) is 6.72. The lowest BCUT2D eigenvalue weighted by molar-refractivity contribution is -0.148. The van der Waals surface area contributed by atoms with Gasteiger partial charge in [0.1, 0.15) is 6.04 Å². The van der Waals surface area contributed by atoms with Crippen LogP contribution in [0.15, 0.2) is 0 Å². The third-order valence-electron chi connectivity index (χ3n) is 4.21. The number of amides is 3. The Morgan fingerprint density at radius 3 is 2.35 bits per heavy atom. The van der Waals surface area contributed by atoms with Crippen LogP contribution in [0.4, 0.5) is 4.79 Å². The van der Waals surface area contributed by atoms with Crippen molar-refractivity contribution in [1.29, 1.82) is 0 Å². The molecule has 6 heteroatoms. The van der Waals surface area contributed by atoms with Gasteiger partial charge < -0.3 is 10.4 Å². The molecule has 2 fully saturated rings. The standard InChI is InChI=1S/C14H22N2O4/c17-12(10-6-2-1-3-7-10)16-9-5-4-8-11(13(16)18)15-14(19)20/h10-11,15H,1-9H2,(H,19,20)/t11-/m0/s1. The van der Waals surface area contributed by atoms with Crippen LogP contribution >= 0.6 is 0 Å². The van der Waals surface area contributed by atoms with Gasteiger partial charge in [-0.15, -0.1) is 0 Å². The molecule has 1 aliphatic carbocycles. The molecule has 0 aromatic carbocycles. The molecule has 20 heavy (non-hydrogen) atoms. The molecule has 1 heterocycles. The van der Waals surface area contributed by atoms with Gasteiger partial charge in [0.15, 0.2) is 0 Å². The van der Waals surface area contributed by atoms with Gasteiger partial charge in [0.2, 0.25) is 5.91 Å². The fourth-order valence-electron chi connectivity index (χ4n) is 3.11. The first-order chi connectivity index (χ1) is 9.59. The molecule has 1 aliphatic heterocycles. The molecule has 6 nitrogen and oxygen atoms in total. The lowest BCUT2D eigenvalue weighted by Crippen LogP contribution is -2.50. The molecule has 2 aliphatic rings. The molecule has 0 aromatic heterocycles. The minimum absolute atomic E-state index is 0.0590. The van der Waals surface area contributed by atoms with Gasteiger partial charge in [-0.3, -0.25) is 14.5 Å². The fourth-order valence-corrected chi connectivity index (χ4v) is 3.11. The lowest BCUT2D eigenvalue weighted by Gasteiger charge is -2.28. The molecular formula is C14H22N2O4. The number of hydrogen-bond acceptors (Lipinski definition) is 3. The van der Waals surface area contributed by atoms with E-state index < -0.39 is 12.1 Å². The van der Waals surface area contributed by atoms with Crippen molar-refractivity contribution < 1.29 is 19.5 Å². The van der Waals surface area contributed by atoms with Crippen LogP contribution in [0.1, 0.15) is 51.4 Å². The summed E-state index contributed by atoms with van der Waals surface area (Å²) < 4.78 is 0. The van der Waals surface area contributed by atoms with E-state index in [4.69, 9.17) is 5.11 Å². The van der Waals surface area contributed by atoms with Gasteiger partial charge in [-0.1, -0.05) is 19.3 Å². The van der Waals surface area contributed by atoms with Crippen LogP contribution in [0.25, 0.3) is 0 Å². The van der Waals surface area contributed by atoms with Crippen molar-refractivity contribution in [1.82, 2.24) is 10.2 Å².